The predicted octanol–water partition coefficient (Wildman–Crippen LogP) is 4.55. The molecular weight excluding hydrogens is 479 g/mol. The van der Waals surface area contributed by atoms with E-state index < -0.39 is 17.7 Å². The largest absolute Gasteiger partial charge is 0.481 e. The van der Waals surface area contributed by atoms with Gasteiger partial charge in [0.2, 0.25) is 12.2 Å². The van der Waals surface area contributed by atoms with Crippen molar-refractivity contribution in [1.82, 2.24) is 19.9 Å². The van der Waals surface area contributed by atoms with Crippen LogP contribution in [0.3, 0.4) is 0 Å². The molecule has 194 valence electrons. The van der Waals surface area contributed by atoms with Gasteiger partial charge < -0.3 is 24.9 Å². The Labute approximate surface area is 213 Å². The second-order valence-corrected chi connectivity index (χ2v) is 9.29. The summed E-state index contributed by atoms with van der Waals surface area (Å²) in [6.07, 6.45) is 3.47. The molecule has 0 spiro atoms. The number of carboxylic acids is 1. The highest BCUT2D eigenvalue weighted by Crippen LogP contribution is 2.35. The van der Waals surface area contributed by atoms with Crippen molar-refractivity contribution in [2.24, 2.45) is 11.3 Å². The van der Waals surface area contributed by atoms with Gasteiger partial charge in [-0.15, -0.1) is 0 Å². The number of nitrogens with zero attached hydrogens (tertiary/aromatic N) is 4. The fourth-order valence-corrected chi connectivity index (χ4v) is 3.86. The Kier molecular flexibility index (Phi) is 8.11. The van der Waals surface area contributed by atoms with Crippen molar-refractivity contribution in [2.75, 3.05) is 25.1 Å². The van der Waals surface area contributed by atoms with Gasteiger partial charge in [-0.2, -0.15) is 5.26 Å². The number of halogens is 1. The number of nitriles is 1. The number of imidazole rings is 1. The van der Waals surface area contributed by atoms with E-state index in [9.17, 15) is 19.6 Å². The standard InChI is InChI=1S/C26H29FN6O4/c1-3-4-5-16(12-28)13-30-25-29-11-10-19(31-25)21-20(17-6-8-18(27)9-7-17)32-22(33-21)23-36-14-26(2,15-37-23)24(34)35/h6-11,16,23H,3-5,13-15H2,1-2H3,(H,32,33)(H,34,35)(H,29,30,31). The van der Waals surface area contributed by atoms with E-state index >= 15 is 0 Å². The van der Waals surface area contributed by atoms with Crippen molar-refractivity contribution < 1.29 is 23.8 Å². The number of aliphatic carboxylic acids is 1. The van der Waals surface area contributed by atoms with Crippen LogP contribution in [0.4, 0.5) is 10.3 Å². The molecule has 1 atom stereocenters. The fraction of sp³-hybridized carbons (Fsp3) is 0.423. The lowest BCUT2D eigenvalue weighted by atomic mass is 9.92. The van der Waals surface area contributed by atoms with E-state index in [4.69, 9.17) is 9.47 Å². The molecule has 3 heterocycles. The zero-order valence-electron chi connectivity index (χ0n) is 20.7. The molecule has 1 saturated heterocycles. The van der Waals surface area contributed by atoms with Crippen molar-refractivity contribution in [3.8, 4) is 28.7 Å². The number of unbranched alkanes of at least 4 members (excludes halogenated alkanes) is 1. The maximum Gasteiger partial charge on any atom is 0.314 e. The number of anilines is 1. The molecule has 1 aromatic carbocycles. The molecule has 0 saturated carbocycles. The molecule has 1 fully saturated rings. The lowest BCUT2D eigenvalue weighted by Gasteiger charge is -2.33. The van der Waals surface area contributed by atoms with Crippen LogP contribution in [0.1, 0.15) is 45.2 Å². The Bertz CT molecular complexity index is 1260. The first kappa shape index (κ1) is 26.2. The molecule has 1 aliphatic heterocycles. The summed E-state index contributed by atoms with van der Waals surface area (Å²) >= 11 is 0. The van der Waals surface area contributed by atoms with Crippen LogP contribution in [0, 0.1) is 28.5 Å². The van der Waals surface area contributed by atoms with Gasteiger partial charge in [0.05, 0.1) is 42.3 Å². The highest BCUT2D eigenvalue weighted by atomic mass is 19.1. The van der Waals surface area contributed by atoms with Gasteiger partial charge in [0.1, 0.15) is 11.2 Å². The van der Waals surface area contributed by atoms with Gasteiger partial charge in [-0.1, -0.05) is 19.8 Å². The van der Waals surface area contributed by atoms with E-state index in [1.54, 1.807) is 31.3 Å². The number of carboxylic acid groups (broad SMARTS) is 1. The Morgan fingerprint density at radius 2 is 2.03 bits per heavy atom. The lowest BCUT2D eigenvalue weighted by Crippen LogP contribution is -2.42. The summed E-state index contributed by atoms with van der Waals surface area (Å²) in [5.41, 5.74) is 1.04. The van der Waals surface area contributed by atoms with Crippen molar-refractivity contribution >= 4 is 11.9 Å². The zero-order valence-corrected chi connectivity index (χ0v) is 20.7. The minimum atomic E-state index is -1.16. The number of ether oxygens (including phenoxy) is 2. The van der Waals surface area contributed by atoms with Crippen LogP contribution in [0.2, 0.25) is 0 Å². The molecule has 11 heteroatoms. The zero-order chi connectivity index (χ0) is 26.4. The maximum absolute atomic E-state index is 13.6. The lowest BCUT2D eigenvalue weighted by molar-refractivity contribution is -0.236. The van der Waals surface area contributed by atoms with Crippen LogP contribution in [-0.2, 0) is 14.3 Å². The average molecular weight is 509 g/mol. The van der Waals surface area contributed by atoms with Gasteiger partial charge in [-0.3, -0.25) is 4.79 Å². The van der Waals surface area contributed by atoms with Gasteiger partial charge in [0, 0.05) is 18.3 Å². The van der Waals surface area contributed by atoms with E-state index in [2.05, 4.69) is 38.2 Å². The minimum Gasteiger partial charge on any atom is -0.481 e. The van der Waals surface area contributed by atoms with Crippen LogP contribution in [0.15, 0.2) is 36.5 Å². The number of nitrogens with one attached hydrogen (secondary N) is 2. The summed E-state index contributed by atoms with van der Waals surface area (Å²) in [7, 11) is 0. The van der Waals surface area contributed by atoms with Crippen molar-refractivity contribution in [3.05, 3.63) is 48.2 Å². The number of hydrogen-bond donors (Lipinski definition) is 3. The van der Waals surface area contributed by atoms with E-state index in [-0.39, 0.29) is 24.9 Å². The van der Waals surface area contributed by atoms with Gasteiger partial charge in [0.25, 0.3) is 0 Å². The van der Waals surface area contributed by atoms with E-state index in [1.807, 2.05) is 0 Å². The SMILES string of the molecule is CCCCC(C#N)CNc1nccc(-c2[nH]c(C3OCC(C)(C(=O)O)CO3)nc2-c2ccc(F)cc2)n1. The highest BCUT2D eigenvalue weighted by molar-refractivity contribution is 5.77. The molecule has 3 N–H and O–H groups in total. The average Bonchev–Trinajstić information content (AvgIpc) is 3.35. The van der Waals surface area contributed by atoms with Crippen LogP contribution in [-0.4, -0.2) is 50.8 Å². The fourth-order valence-electron chi connectivity index (χ4n) is 3.86. The first-order valence-electron chi connectivity index (χ1n) is 12.1. The van der Waals surface area contributed by atoms with Crippen molar-refractivity contribution in [3.63, 3.8) is 0 Å². The van der Waals surface area contributed by atoms with E-state index in [0.29, 0.717) is 41.0 Å². The normalized spacial score (nSPS) is 20.2. The number of carbonyl (C=O) groups is 1. The quantitative estimate of drug-likeness (QED) is 0.359. The number of hydrogen-bond acceptors (Lipinski definition) is 8. The summed E-state index contributed by atoms with van der Waals surface area (Å²) in [6.45, 7) is 3.96. The van der Waals surface area contributed by atoms with Crippen molar-refractivity contribution in [1.29, 1.82) is 5.26 Å². The molecule has 3 aromatic rings. The number of aromatic amines is 1. The minimum absolute atomic E-state index is 0.0470. The summed E-state index contributed by atoms with van der Waals surface area (Å²) in [4.78, 5) is 28.2. The maximum atomic E-state index is 13.6. The first-order valence-corrected chi connectivity index (χ1v) is 12.1. The van der Waals surface area contributed by atoms with Crippen LogP contribution >= 0.6 is 0 Å². The van der Waals surface area contributed by atoms with Gasteiger partial charge in [0.15, 0.2) is 5.82 Å². The molecular formula is C26H29FN6O4. The Morgan fingerprint density at radius 1 is 1.30 bits per heavy atom. The number of aromatic nitrogens is 4. The Morgan fingerprint density at radius 3 is 2.68 bits per heavy atom. The topological polar surface area (TPSA) is 146 Å². The molecule has 2 aromatic heterocycles. The first-order chi connectivity index (χ1) is 17.8. The molecule has 10 nitrogen and oxygen atoms in total. The van der Waals surface area contributed by atoms with Crippen LogP contribution in [0.25, 0.3) is 22.6 Å². The monoisotopic (exact) mass is 508 g/mol. The van der Waals surface area contributed by atoms with Gasteiger partial charge in [-0.25, -0.2) is 19.3 Å². The molecule has 4 rings (SSSR count). The third-order valence-corrected chi connectivity index (χ3v) is 6.19. The molecule has 0 radical (unpaired) electrons. The van der Waals surface area contributed by atoms with Gasteiger partial charge in [-0.05, 0) is 43.7 Å². The smallest absolute Gasteiger partial charge is 0.314 e. The van der Waals surface area contributed by atoms with E-state index in [0.717, 1.165) is 19.3 Å². The molecule has 1 aliphatic rings. The molecule has 0 amide bonds. The third kappa shape index (κ3) is 6.10. The summed E-state index contributed by atoms with van der Waals surface area (Å²) < 4.78 is 25.0. The summed E-state index contributed by atoms with van der Waals surface area (Å²) in [5, 5.41) is 22.0. The number of H-pyrrole nitrogens is 1. The van der Waals surface area contributed by atoms with Crippen LogP contribution in [0.5, 0.6) is 0 Å². The van der Waals surface area contributed by atoms with Crippen LogP contribution < -0.4 is 5.32 Å². The predicted molar refractivity (Wildman–Crippen MR) is 133 cm³/mol. The molecule has 1 unspecified atom stereocenters. The second kappa shape index (κ2) is 11.5. The van der Waals surface area contributed by atoms with Gasteiger partial charge >= 0.3 is 5.97 Å². The second-order valence-electron chi connectivity index (χ2n) is 9.29. The molecule has 0 aliphatic carbocycles. The molecule has 0 bridgehead atoms. The number of rotatable bonds is 10. The molecule has 37 heavy (non-hydrogen) atoms. The highest BCUT2D eigenvalue weighted by Gasteiger charge is 2.41. The summed E-state index contributed by atoms with van der Waals surface area (Å²) in [6, 6.07) is 9.91. The van der Waals surface area contributed by atoms with Crippen molar-refractivity contribution in [2.45, 2.75) is 39.4 Å². The third-order valence-electron chi connectivity index (χ3n) is 6.19. The Hall–Kier alpha value is -3.88. The summed E-state index contributed by atoms with van der Waals surface area (Å²) in [5.74, 6) is -0.848. The number of benzene rings is 1. The Balaban J connectivity index is 1.62. The van der Waals surface area contributed by atoms with E-state index in [1.165, 1.54) is 12.1 Å².